The zero-order valence-electron chi connectivity index (χ0n) is 17.1. The number of nitrogens with zero attached hydrogens (tertiary/aromatic N) is 3. The molecular formula is C18H28F3N5O2S. The van der Waals surface area contributed by atoms with Gasteiger partial charge >= 0.3 is 12.1 Å². The molecule has 1 saturated heterocycles. The number of nitrogens with one attached hydrogen (secondary N) is 2. The minimum absolute atomic E-state index is 0.115. The molecule has 164 valence electrons. The van der Waals surface area contributed by atoms with Crippen LogP contribution in [0.3, 0.4) is 0 Å². The number of likely N-dealkylation sites (tertiary alicyclic amines) is 1. The highest BCUT2D eigenvalue weighted by Gasteiger charge is 2.34. The number of aryl methyl sites for hydroxylation is 1. The normalized spacial score (nSPS) is 19.3. The maximum Gasteiger partial charge on any atom is 0.401 e. The van der Waals surface area contributed by atoms with Crippen LogP contribution in [0, 0.1) is 6.92 Å². The smallest absolute Gasteiger partial charge is 0.401 e. The van der Waals surface area contributed by atoms with Crippen molar-refractivity contribution in [2.75, 3.05) is 32.8 Å². The number of carbonyl (C=O) groups is 1. The molecule has 2 N–H and O–H groups in total. The third-order valence-corrected chi connectivity index (χ3v) is 5.65. The van der Waals surface area contributed by atoms with Crippen molar-refractivity contribution in [3.8, 4) is 0 Å². The Morgan fingerprint density at radius 3 is 2.79 bits per heavy atom. The molecule has 0 radical (unpaired) electrons. The van der Waals surface area contributed by atoms with Gasteiger partial charge in [-0.15, -0.1) is 11.3 Å². The quantitative estimate of drug-likeness (QED) is 0.390. The zero-order valence-corrected chi connectivity index (χ0v) is 17.9. The van der Waals surface area contributed by atoms with Crippen LogP contribution < -0.4 is 10.6 Å². The summed E-state index contributed by atoms with van der Waals surface area (Å²) in [6, 6.07) is -0.345. The number of rotatable bonds is 7. The summed E-state index contributed by atoms with van der Waals surface area (Å²) < 4.78 is 42.8. The lowest BCUT2D eigenvalue weighted by Gasteiger charge is -2.21. The van der Waals surface area contributed by atoms with Crippen molar-refractivity contribution in [3.05, 3.63) is 15.6 Å². The third-order valence-electron chi connectivity index (χ3n) is 4.33. The Kier molecular flexibility index (Phi) is 8.26. The van der Waals surface area contributed by atoms with Crippen LogP contribution in [0.25, 0.3) is 0 Å². The van der Waals surface area contributed by atoms with Gasteiger partial charge in [-0.3, -0.25) is 9.89 Å². The number of thiazole rings is 1. The highest BCUT2D eigenvalue weighted by molar-refractivity contribution is 7.13. The Labute approximate surface area is 172 Å². The summed E-state index contributed by atoms with van der Waals surface area (Å²) in [6.45, 7) is 7.89. The van der Waals surface area contributed by atoms with Gasteiger partial charge in [-0.2, -0.15) is 13.2 Å². The molecule has 29 heavy (non-hydrogen) atoms. The molecule has 0 aliphatic carbocycles. The standard InChI is InChI=1S/C18H28F3N5O2S/c1-5-22-17(25-13-7-8-26(9-13)10-18(19,20)21)24-12(4)15-23-11(3)14(29-15)16(27)28-6-2/h12-13H,5-10H2,1-4H3,(H2,22,24,25). The highest BCUT2D eigenvalue weighted by Crippen LogP contribution is 2.24. The van der Waals surface area contributed by atoms with Crippen LogP contribution in [0.1, 0.15) is 53.6 Å². The molecule has 0 aromatic carbocycles. The number of hydrogen-bond acceptors (Lipinski definition) is 6. The van der Waals surface area contributed by atoms with Gasteiger partial charge in [0.1, 0.15) is 9.88 Å². The second-order valence-corrected chi connectivity index (χ2v) is 7.89. The molecule has 0 spiro atoms. The topological polar surface area (TPSA) is 78.9 Å². The molecule has 1 aromatic rings. The first-order valence-electron chi connectivity index (χ1n) is 9.64. The van der Waals surface area contributed by atoms with Crippen molar-refractivity contribution >= 4 is 23.3 Å². The van der Waals surface area contributed by atoms with Crippen LogP contribution in [0.4, 0.5) is 13.2 Å². The van der Waals surface area contributed by atoms with Crippen LogP contribution >= 0.6 is 11.3 Å². The first kappa shape index (κ1) is 23.4. The van der Waals surface area contributed by atoms with E-state index in [9.17, 15) is 18.0 Å². The molecule has 1 aromatic heterocycles. The molecular weight excluding hydrogens is 407 g/mol. The summed E-state index contributed by atoms with van der Waals surface area (Å²) in [6.07, 6.45) is -3.58. The van der Waals surface area contributed by atoms with Crippen molar-refractivity contribution in [1.82, 2.24) is 20.5 Å². The molecule has 2 atom stereocenters. The number of aromatic nitrogens is 1. The second kappa shape index (κ2) is 10.2. The fraction of sp³-hybridized carbons (Fsp3) is 0.722. The van der Waals surface area contributed by atoms with Crippen LogP contribution in [0.5, 0.6) is 0 Å². The van der Waals surface area contributed by atoms with Gasteiger partial charge in [0.05, 0.1) is 24.9 Å². The minimum atomic E-state index is -4.19. The molecule has 0 bridgehead atoms. The number of ether oxygens (including phenoxy) is 1. The number of guanidine groups is 1. The number of aliphatic imine (C=N–C) groups is 1. The molecule has 7 nitrogen and oxygen atoms in total. The first-order chi connectivity index (χ1) is 13.6. The van der Waals surface area contributed by atoms with E-state index in [0.717, 1.165) is 0 Å². The van der Waals surface area contributed by atoms with Gasteiger partial charge in [0.2, 0.25) is 0 Å². The number of esters is 1. The predicted octanol–water partition coefficient (Wildman–Crippen LogP) is 2.88. The van der Waals surface area contributed by atoms with E-state index < -0.39 is 18.7 Å². The Morgan fingerprint density at radius 1 is 1.45 bits per heavy atom. The SMILES string of the molecule is CCN=C(NC1CCN(CC(F)(F)F)C1)NC(C)c1nc(C)c(C(=O)OCC)s1. The zero-order chi connectivity index (χ0) is 21.6. The lowest BCUT2D eigenvalue weighted by Crippen LogP contribution is -2.46. The van der Waals surface area contributed by atoms with E-state index in [2.05, 4.69) is 20.6 Å². The Balaban J connectivity index is 1.98. The molecule has 0 saturated carbocycles. The van der Waals surface area contributed by atoms with Gasteiger partial charge in [-0.1, -0.05) is 0 Å². The van der Waals surface area contributed by atoms with Crippen molar-refractivity contribution in [1.29, 1.82) is 0 Å². The Morgan fingerprint density at radius 2 is 2.17 bits per heavy atom. The molecule has 0 amide bonds. The van der Waals surface area contributed by atoms with Crippen LogP contribution in [-0.4, -0.2) is 66.8 Å². The van der Waals surface area contributed by atoms with Gasteiger partial charge in [0.25, 0.3) is 0 Å². The lowest BCUT2D eigenvalue weighted by molar-refractivity contribution is -0.143. The van der Waals surface area contributed by atoms with Crippen molar-refractivity contribution in [2.24, 2.45) is 4.99 Å². The minimum Gasteiger partial charge on any atom is -0.462 e. The molecule has 2 rings (SSSR count). The van der Waals surface area contributed by atoms with Gasteiger partial charge in [-0.25, -0.2) is 9.78 Å². The van der Waals surface area contributed by atoms with Crippen molar-refractivity contribution in [3.63, 3.8) is 0 Å². The number of carbonyl (C=O) groups excluding carboxylic acids is 1. The van der Waals surface area contributed by atoms with Crippen LogP contribution in [-0.2, 0) is 4.74 Å². The number of halogens is 3. The largest absolute Gasteiger partial charge is 0.462 e. The fourth-order valence-electron chi connectivity index (χ4n) is 3.09. The summed E-state index contributed by atoms with van der Waals surface area (Å²) in [4.78, 5) is 22.7. The molecule has 2 unspecified atom stereocenters. The van der Waals surface area contributed by atoms with Gasteiger partial charge in [0.15, 0.2) is 5.96 Å². The van der Waals surface area contributed by atoms with Gasteiger partial charge in [-0.05, 0) is 34.1 Å². The van der Waals surface area contributed by atoms with Crippen LogP contribution in [0.15, 0.2) is 4.99 Å². The Hall–Kier alpha value is -1.88. The summed E-state index contributed by atoms with van der Waals surface area (Å²) in [5.41, 5.74) is 0.609. The van der Waals surface area contributed by atoms with Gasteiger partial charge < -0.3 is 15.4 Å². The van der Waals surface area contributed by atoms with Crippen molar-refractivity contribution < 1.29 is 22.7 Å². The Bertz CT molecular complexity index is 723. The van der Waals surface area contributed by atoms with Crippen molar-refractivity contribution in [2.45, 2.75) is 52.4 Å². The van der Waals surface area contributed by atoms with E-state index in [-0.39, 0.29) is 12.1 Å². The monoisotopic (exact) mass is 435 g/mol. The lowest BCUT2D eigenvalue weighted by atomic mass is 10.2. The summed E-state index contributed by atoms with van der Waals surface area (Å²) in [7, 11) is 0. The maximum absolute atomic E-state index is 12.6. The molecule has 11 heteroatoms. The van der Waals surface area contributed by atoms with E-state index in [1.54, 1.807) is 13.8 Å². The molecule has 1 aliphatic rings. The van der Waals surface area contributed by atoms with E-state index in [0.29, 0.717) is 54.2 Å². The summed E-state index contributed by atoms with van der Waals surface area (Å²) in [5.74, 6) is 0.127. The maximum atomic E-state index is 12.6. The first-order valence-corrected chi connectivity index (χ1v) is 10.5. The van der Waals surface area contributed by atoms with E-state index in [1.807, 2.05) is 13.8 Å². The predicted molar refractivity (Wildman–Crippen MR) is 106 cm³/mol. The molecule has 1 aliphatic heterocycles. The average Bonchev–Trinajstić information content (AvgIpc) is 3.20. The summed E-state index contributed by atoms with van der Waals surface area (Å²) >= 11 is 1.26. The van der Waals surface area contributed by atoms with Gasteiger partial charge in [0, 0.05) is 25.7 Å². The number of alkyl halides is 3. The van der Waals surface area contributed by atoms with E-state index in [4.69, 9.17) is 4.74 Å². The highest BCUT2D eigenvalue weighted by atomic mass is 32.1. The van der Waals surface area contributed by atoms with Crippen LogP contribution in [0.2, 0.25) is 0 Å². The molecule has 1 fully saturated rings. The fourth-order valence-corrected chi connectivity index (χ4v) is 4.05. The third kappa shape index (κ3) is 7.14. The average molecular weight is 436 g/mol. The number of hydrogen-bond donors (Lipinski definition) is 2. The second-order valence-electron chi connectivity index (χ2n) is 6.86. The van der Waals surface area contributed by atoms with E-state index in [1.165, 1.54) is 16.2 Å². The molecule has 2 heterocycles. The van der Waals surface area contributed by atoms with E-state index >= 15 is 0 Å². The summed E-state index contributed by atoms with van der Waals surface area (Å²) in [5, 5.41) is 7.15.